The summed E-state index contributed by atoms with van der Waals surface area (Å²) >= 11 is 5.99. The highest BCUT2D eigenvalue weighted by Crippen LogP contribution is 2.37. The zero-order valence-electron chi connectivity index (χ0n) is 17.5. The molecule has 4 saturated heterocycles. The van der Waals surface area contributed by atoms with Crippen LogP contribution in [0.5, 0.6) is 0 Å². The minimum Gasteiger partial charge on any atom is -0.368 e. The summed E-state index contributed by atoms with van der Waals surface area (Å²) in [6.07, 6.45) is 4.11. The fourth-order valence-corrected chi connectivity index (χ4v) is 6.12. The van der Waals surface area contributed by atoms with Crippen molar-refractivity contribution in [3.05, 3.63) is 29.3 Å². The molecule has 4 heterocycles. The van der Waals surface area contributed by atoms with Crippen LogP contribution in [0.15, 0.2) is 24.3 Å². The molecule has 162 valence electrons. The van der Waals surface area contributed by atoms with Gasteiger partial charge >= 0.3 is 0 Å². The number of benzene rings is 1. The SMILES string of the molecule is O=C(CN1C[C@H]2C[C@H](C1)[C@H]1CCCC(=O)N1C2)N1CCN(c2ccc(Cl)cc2)CC1. The predicted octanol–water partition coefficient (Wildman–Crippen LogP) is 2.32. The molecule has 0 aliphatic carbocycles. The van der Waals surface area contributed by atoms with Crippen molar-refractivity contribution in [3.8, 4) is 0 Å². The standard InChI is InChI=1S/C23H31ClN4O2/c24-19-4-6-20(7-5-19)26-8-10-27(11-9-26)23(30)16-25-13-17-12-18(15-25)21-2-1-3-22(29)28(21)14-17/h4-7,17-18,21H,1-3,8-16H2/t17-,18-,21-/m1/s1. The van der Waals surface area contributed by atoms with Crippen molar-refractivity contribution >= 4 is 29.1 Å². The summed E-state index contributed by atoms with van der Waals surface area (Å²) in [5.74, 6) is 1.67. The van der Waals surface area contributed by atoms with E-state index in [4.69, 9.17) is 11.6 Å². The number of piperidine rings is 3. The molecule has 0 N–H and O–H groups in total. The van der Waals surface area contributed by atoms with Gasteiger partial charge in [-0.1, -0.05) is 11.6 Å². The first-order valence-corrected chi connectivity index (χ1v) is 11.7. The third-order valence-electron chi connectivity index (χ3n) is 7.44. The van der Waals surface area contributed by atoms with E-state index in [-0.39, 0.29) is 5.91 Å². The van der Waals surface area contributed by atoms with Gasteiger partial charge in [0.1, 0.15) is 0 Å². The van der Waals surface area contributed by atoms with Crippen LogP contribution < -0.4 is 4.90 Å². The maximum atomic E-state index is 13.0. The summed E-state index contributed by atoms with van der Waals surface area (Å²) in [6, 6.07) is 8.34. The molecule has 7 heteroatoms. The Labute approximate surface area is 183 Å². The molecule has 0 unspecified atom stereocenters. The third-order valence-corrected chi connectivity index (χ3v) is 7.69. The quantitative estimate of drug-likeness (QED) is 0.738. The van der Waals surface area contributed by atoms with Gasteiger partial charge in [-0.25, -0.2) is 0 Å². The van der Waals surface area contributed by atoms with Crippen LogP contribution in [-0.4, -0.2) is 84.9 Å². The highest BCUT2D eigenvalue weighted by molar-refractivity contribution is 6.30. The van der Waals surface area contributed by atoms with Gasteiger partial charge in [0.05, 0.1) is 6.54 Å². The van der Waals surface area contributed by atoms with E-state index in [9.17, 15) is 9.59 Å². The van der Waals surface area contributed by atoms with E-state index in [2.05, 4.69) is 14.7 Å². The lowest BCUT2D eigenvalue weighted by Gasteiger charge is -2.52. The Balaban J connectivity index is 1.14. The number of piperazine rings is 1. The van der Waals surface area contributed by atoms with Crippen molar-refractivity contribution < 1.29 is 9.59 Å². The first kappa shape index (κ1) is 20.1. The Hall–Kier alpha value is -1.79. The van der Waals surface area contributed by atoms with Crippen LogP contribution in [0.1, 0.15) is 25.7 Å². The molecule has 6 nitrogen and oxygen atoms in total. The van der Waals surface area contributed by atoms with Crippen LogP contribution in [0.4, 0.5) is 5.69 Å². The molecule has 2 amide bonds. The summed E-state index contributed by atoms with van der Waals surface area (Å²) in [4.78, 5) is 34.2. The molecule has 4 fully saturated rings. The molecule has 0 radical (unpaired) electrons. The first-order valence-electron chi connectivity index (χ1n) is 11.4. The van der Waals surface area contributed by atoms with E-state index in [1.54, 1.807) is 0 Å². The van der Waals surface area contributed by atoms with Crippen LogP contribution in [0.3, 0.4) is 0 Å². The van der Waals surface area contributed by atoms with Crippen LogP contribution in [0.25, 0.3) is 0 Å². The van der Waals surface area contributed by atoms with E-state index >= 15 is 0 Å². The summed E-state index contributed by atoms with van der Waals surface area (Å²) in [7, 11) is 0. The van der Waals surface area contributed by atoms with Crippen molar-refractivity contribution in [2.45, 2.75) is 31.7 Å². The molecule has 5 rings (SSSR count). The molecule has 0 spiro atoms. The highest BCUT2D eigenvalue weighted by Gasteiger charge is 2.44. The van der Waals surface area contributed by atoms with Crippen LogP contribution in [0.2, 0.25) is 5.02 Å². The number of likely N-dealkylation sites (tertiary alicyclic amines) is 1. The van der Waals surface area contributed by atoms with Gasteiger partial charge in [-0.2, -0.15) is 0 Å². The van der Waals surface area contributed by atoms with E-state index in [1.807, 2.05) is 29.2 Å². The van der Waals surface area contributed by atoms with E-state index in [0.29, 0.717) is 30.3 Å². The number of halogens is 1. The van der Waals surface area contributed by atoms with Crippen molar-refractivity contribution in [2.75, 3.05) is 57.3 Å². The van der Waals surface area contributed by atoms with Gasteiger partial charge < -0.3 is 14.7 Å². The molecule has 2 bridgehead atoms. The normalized spacial score (nSPS) is 29.7. The second kappa shape index (κ2) is 8.39. The zero-order valence-corrected chi connectivity index (χ0v) is 18.3. The van der Waals surface area contributed by atoms with Crippen molar-refractivity contribution in [2.24, 2.45) is 11.8 Å². The monoisotopic (exact) mass is 430 g/mol. The number of hydrogen-bond acceptors (Lipinski definition) is 4. The molecule has 30 heavy (non-hydrogen) atoms. The smallest absolute Gasteiger partial charge is 0.236 e. The number of anilines is 1. The Morgan fingerprint density at radius 3 is 2.57 bits per heavy atom. The maximum absolute atomic E-state index is 13.0. The predicted molar refractivity (Wildman–Crippen MR) is 118 cm³/mol. The summed E-state index contributed by atoms with van der Waals surface area (Å²) < 4.78 is 0. The molecule has 1 aromatic carbocycles. The second-order valence-electron chi connectivity index (χ2n) is 9.41. The molecule has 0 aromatic heterocycles. The summed E-state index contributed by atoms with van der Waals surface area (Å²) in [5.41, 5.74) is 1.17. The van der Waals surface area contributed by atoms with Gasteiger partial charge in [-0.05, 0) is 55.4 Å². The highest BCUT2D eigenvalue weighted by atomic mass is 35.5. The minimum absolute atomic E-state index is 0.252. The van der Waals surface area contributed by atoms with Crippen LogP contribution in [-0.2, 0) is 9.59 Å². The van der Waals surface area contributed by atoms with Gasteiger partial charge in [0, 0.05) is 69.0 Å². The number of carbonyl (C=O) groups is 2. The Kier molecular flexibility index (Phi) is 5.63. The van der Waals surface area contributed by atoms with Gasteiger partial charge in [0.2, 0.25) is 11.8 Å². The van der Waals surface area contributed by atoms with Crippen molar-refractivity contribution in [1.29, 1.82) is 0 Å². The van der Waals surface area contributed by atoms with Crippen LogP contribution in [0, 0.1) is 11.8 Å². The lowest BCUT2D eigenvalue weighted by Crippen LogP contribution is -2.61. The number of carbonyl (C=O) groups excluding carboxylic acids is 2. The summed E-state index contributed by atoms with van der Waals surface area (Å²) in [5, 5.41) is 0.750. The average molecular weight is 431 g/mol. The van der Waals surface area contributed by atoms with Gasteiger partial charge in [-0.3, -0.25) is 14.5 Å². The van der Waals surface area contributed by atoms with E-state index in [0.717, 1.165) is 70.1 Å². The molecule has 4 aliphatic rings. The fourth-order valence-electron chi connectivity index (χ4n) is 6.00. The second-order valence-corrected chi connectivity index (χ2v) is 9.84. The third kappa shape index (κ3) is 4.04. The molecule has 1 aromatic rings. The molecular weight excluding hydrogens is 400 g/mol. The van der Waals surface area contributed by atoms with Crippen molar-refractivity contribution in [3.63, 3.8) is 0 Å². The Morgan fingerprint density at radius 1 is 1.03 bits per heavy atom. The number of fused-ring (bicyclic) bond motifs is 4. The zero-order chi connectivity index (χ0) is 20.7. The molecule has 0 saturated carbocycles. The van der Waals surface area contributed by atoms with Gasteiger partial charge in [0.25, 0.3) is 0 Å². The fraction of sp³-hybridized carbons (Fsp3) is 0.652. The van der Waals surface area contributed by atoms with Gasteiger partial charge in [0.15, 0.2) is 0 Å². The summed E-state index contributed by atoms with van der Waals surface area (Å²) in [6.45, 7) is 6.58. The lowest BCUT2D eigenvalue weighted by atomic mass is 9.76. The van der Waals surface area contributed by atoms with E-state index in [1.165, 1.54) is 12.1 Å². The largest absolute Gasteiger partial charge is 0.368 e. The Morgan fingerprint density at radius 2 is 1.80 bits per heavy atom. The molecule has 3 atom stereocenters. The van der Waals surface area contributed by atoms with E-state index < -0.39 is 0 Å². The first-order chi connectivity index (χ1) is 14.6. The minimum atomic E-state index is 0.252. The number of nitrogens with zero attached hydrogens (tertiary/aromatic N) is 4. The molecular formula is C23H31ClN4O2. The Bertz CT molecular complexity index is 793. The van der Waals surface area contributed by atoms with Gasteiger partial charge in [-0.15, -0.1) is 0 Å². The average Bonchev–Trinajstić information content (AvgIpc) is 2.75. The topological polar surface area (TPSA) is 47.1 Å². The molecule has 4 aliphatic heterocycles. The maximum Gasteiger partial charge on any atom is 0.236 e. The van der Waals surface area contributed by atoms with Crippen molar-refractivity contribution in [1.82, 2.24) is 14.7 Å². The number of amides is 2. The number of rotatable bonds is 3. The lowest BCUT2D eigenvalue weighted by molar-refractivity contribution is -0.146. The number of hydrogen-bond donors (Lipinski definition) is 0. The van der Waals surface area contributed by atoms with Crippen LogP contribution >= 0.6 is 11.6 Å².